The fourth-order valence-electron chi connectivity index (χ4n) is 1.55. The van der Waals surface area contributed by atoms with Crippen LogP contribution in [0.5, 0.6) is 0 Å². The molecule has 3 rings (SSSR count). The molecule has 0 atom stereocenters. The molecule has 1 heterocycles. The molecule has 92 valence electrons. The van der Waals surface area contributed by atoms with E-state index in [2.05, 4.69) is 10.2 Å². The number of nitrogens with zero attached hydrogens (tertiary/aromatic N) is 3. The normalized spacial score (nSPS) is 14.7. The lowest BCUT2D eigenvalue weighted by atomic mass is 10.3. The lowest BCUT2D eigenvalue weighted by Gasteiger charge is -1.97. The maximum absolute atomic E-state index is 10.9. The first-order chi connectivity index (χ1) is 8.74. The number of nitro groups is 1. The SMILES string of the molecule is O=[N+]([O-])c1ccccc1Sc1nnc(C2CC2)o1. The highest BCUT2D eigenvalue weighted by Crippen LogP contribution is 2.41. The molecule has 0 amide bonds. The molecule has 0 saturated heterocycles. The summed E-state index contributed by atoms with van der Waals surface area (Å²) in [4.78, 5) is 11.0. The summed E-state index contributed by atoms with van der Waals surface area (Å²) >= 11 is 1.13. The highest BCUT2D eigenvalue weighted by atomic mass is 32.2. The first-order valence-electron chi connectivity index (χ1n) is 5.48. The summed E-state index contributed by atoms with van der Waals surface area (Å²) in [5.41, 5.74) is 0.0497. The molecular weight excluding hydrogens is 254 g/mol. The lowest BCUT2D eigenvalue weighted by Crippen LogP contribution is -1.89. The van der Waals surface area contributed by atoms with Gasteiger partial charge in [0.1, 0.15) is 0 Å². The molecule has 1 aromatic heterocycles. The second-order valence-corrected chi connectivity index (χ2v) is 5.00. The maximum Gasteiger partial charge on any atom is 0.283 e. The van der Waals surface area contributed by atoms with Crippen molar-refractivity contribution in [3.8, 4) is 0 Å². The summed E-state index contributed by atoms with van der Waals surface area (Å²) in [6, 6.07) is 6.50. The Morgan fingerprint density at radius 2 is 2.11 bits per heavy atom. The highest BCUT2D eigenvalue weighted by Gasteiger charge is 2.29. The molecule has 7 heteroatoms. The van der Waals surface area contributed by atoms with Crippen LogP contribution in [0.15, 0.2) is 38.8 Å². The molecule has 0 unspecified atom stereocenters. The van der Waals surface area contributed by atoms with Crippen molar-refractivity contribution in [3.63, 3.8) is 0 Å². The van der Waals surface area contributed by atoms with Crippen LogP contribution in [0.2, 0.25) is 0 Å². The molecule has 1 fully saturated rings. The van der Waals surface area contributed by atoms with E-state index in [0.717, 1.165) is 24.6 Å². The molecule has 1 aromatic carbocycles. The number of hydrogen-bond acceptors (Lipinski definition) is 6. The van der Waals surface area contributed by atoms with Gasteiger partial charge in [-0.2, -0.15) is 0 Å². The molecule has 18 heavy (non-hydrogen) atoms. The predicted molar refractivity (Wildman–Crippen MR) is 63.5 cm³/mol. The minimum absolute atomic E-state index is 0.0497. The molecule has 1 aliphatic rings. The van der Waals surface area contributed by atoms with Gasteiger partial charge in [-0.15, -0.1) is 10.2 Å². The van der Waals surface area contributed by atoms with Gasteiger partial charge in [-0.3, -0.25) is 10.1 Å². The average molecular weight is 263 g/mol. The molecule has 0 radical (unpaired) electrons. The Bertz CT molecular complexity index is 595. The van der Waals surface area contributed by atoms with Crippen molar-refractivity contribution in [2.75, 3.05) is 0 Å². The molecule has 0 N–H and O–H groups in total. The van der Waals surface area contributed by atoms with Gasteiger partial charge in [-0.25, -0.2) is 0 Å². The van der Waals surface area contributed by atoms with E-state index in [-0.39, 0.29) is 5.69 Å². The van der Waals surface area contributed by atoms with Crippen LogP contribution >= 0.6 is 11.8 Å². The molecule has 1 aliphatic carbocycles. The highest BCUT2D eigenvalue weighted by molar-refractivity contribution is 7.99. The van der Waals surface area contributed by atoms with Crippen LogP contribution in [-0.4, -0.2) is 15.1 Å². The van der Waals surface area contributed by atoms with Crippen molar-refractivity contribution in [2.45, 2.75) is 28.9 Å². The molecule has 6 nitrogen and oxygen atoms in total. The first kappa shape index (κ1) is 11.2. The Hall–Kier alpha value is -1.89. The molecular formula is C11H9N3O3S. The number of rotatable bonds is 4. The first-order valence-corrected chi connectivity index (χ1v) is 6.30. The Labute approximate surface area is 107 Å². The fraction of sp³-hybridized carbons (Fsp3) is 0.273. The number of para-hydroxylation sites is 1. The Balaban J connectivity index is 1.84. The van der Waals surface area contributed by atoms with Gasteiger partial charge in [0.25, 0.3) is 10.9 Å². The maximum atomic E-state index is 10.9. The van der Waals surface area contributed by atoms with Crippen LogP contribution in [0.25, 0.3) is 0 Å². The monoisotopic (exact) mass is 263 g/mol. The third kappa shape index (κ3) is 2.21. The van der Waals surface area contributed by atoms with Crippen molar-refractivity contribution in [1.29, 1.82) is 0 Å². The predicted octanol–water partition coefficient (Wildman–Crippen LogP) is 3.01. The minimum Gasteiger partial charge on any atom is -0.415 e. The summed E-state index contributed by atoms with van der Waals surface area (Å²) in [5, 5.41) is 19.1. The van der Waals surface area contributed by atoms with Gasteiger partial charge in [0, 0.05) is 12.0 Å². The molecule has 1 saturated carbocycles. The minimum atomic E-state index is -0.416. The van der Waals surface area contributed by atoms with E-state index in [9.17, 15) is 10.1 Å². The van der Waals surface area contributed by atoms with Crippen LogP contribution < -0.4 is 0 Å². The molecule has 0 spiro atoms. The summed E-state index contributed by atoms with van der Waals surface area (Å²) in [6.07, 6.45) is 2.16. The van der Waals surface area contributed by atoms with Crippen molar-refractivity contribution in [1.82, 2.24) is 10.2 Å². The number of aromatic nitrogens is 2. The van der Waals surface area contributed by atoms with Crippen molar-refractivity contribution in [3.05, 3.63) is 40.3 Å². The molecule has 0 aliphatic heterocycles. The largest absolute Gasteiger partial charge is 0.415 e. The zero-order valence-corrected chi connectivity index (χ0v) is 10.1. The van der Waals surface area contributed by atoms with E-state index >= 15 is 0 Å². The number of benzene rings is 1. The second-order valence-electron chi connectivity index (χ2n) is 4.01. The average Bonchev–Trinajstić information content (AvgIpc) is 3.11. The van der Waals surface area contributed by atoms with E-state index in [1.165, 1.54) is 6.07 Å². The smallest absolute Gasteiger partial charge is 0.283 e. The van der Waals surface area contributed by atoms with E-state index in [1.807, 2.05) is 0 Å². The van der Waals surface area contributed by atoms with Crippen LogP contribution in [0.3, 0.4) is 0 Å². The quantitative estimate of drug-likeness (QED) is 0.623. The van der Waals surface area contributed by atoms with Crippen LogP contribution in [0.1, 0.15) is 24.7 Å². The summed E-state index contributed by atoms with van der Waals surface area (Å²) in [7, 11) is 0. The Kier molecular flexibility index (Phi) is 2.75. The van der Waals surface area contributed by atoms with E-state index in [0.29, 0.717) is 21.9 Å². The zero-order chi connectivity index (χ0) is 12.5. The van der Waals surface area contributed by atoms with Gasteiger partial charge in [0.2, 0.25) is 5.89 Å². The topological polar surface area (TPSA) is 82.1 Å². The summed E-state index contributed by atoms with van der Waals surface area (Å²) in [5.74, 6) is 1.02. The van der Waals surface area contributed by atoms with Crippen LogP contribution in [0, 0.1) is 10.1 Å². The standard InChI is InChI=1S/C11H9N3O3S/c15-14(16)8-3-1-2-4-9(8)18-11-13-12-10(17-11)7-5-6-7/h1-4,7H,5-6H2. The van der Waals surface area contributed by atoms with Gasteiger partial charge in [0.15, 0.2) is 0 Å². The zero-order valence-electron chi connectivity index (χ0n) is 9.28. The van der Waals surface area contributed by atoms with E-state index in [1.54, 1.807) is 18.2 Å². The number of hydrogen-bond donors (Lipinski definition) is 0. The van der Waals surface area contributed by atoms with Crippen LogP contribution in [0.4, 0.5) is 5.69 Å². The Morgan fingerprint density at radius 1 is 1.33 bits per heavy atom. The molecule has 2 aromatic rings. The van der Waals surface area contributed by atoms with E-state index in [4.69, 9.17) is 4.42 Å². The third-order valence-electron chi connectivity index (χ3n) is 2.61. The summed E-state index contributed by atoms with van der Waals surface area (Å²) < 4.78 is 5.46. The van der Waals surface area contributed by atoms with Crippen LogP contribution in [-0.2, 0) is 0 Å². The van der Waals surface area contributed by atoms with Crippen molar-refractivity contribution >= 4 is 17.4 Å². The number of nitro benzene ring substituents is 1. The van der Waals surface area contributed by atoms with E-state index < -0.39 is 4.92 Å². The van der Waals surface area contributed by atoms with Gasteiger partial charge >= 0.3 is 0 Å². The van der Waals surface area contributed by atoms with Gasteiger partial charge in [-0.05, 0) is 30.7 Å². The summed E-state index contributed by atoms with van der Waals surface area (Å²) in [6.45, 7) is 0. The van der Waals surface area contributed by atoms with Crippen molar-refractivity contribution in [2.24, 2.45) is 0 Å². The fourth-order valence-corrected chi connectivity index (χ4v) is 2.34. The lowest BCUT2D eigenvalue weighted by molar-refractivity contribution is -0.387. The van der Waals surface area contributed by atoms with Gasteiger partial charge < -0.3 is 4.42 Å². The third-order valence-corrected chi connectivity index (χ3v) is 3.51. The second kappa shape index (κ2) is 4.41. The van der Waals surface area contributed by atoms with Crippen molar-refractivity contribution < 1.29 is 9.34 Å². The Morgan fingerprint density at radius 3 is 2.83 bits per heavy atom. The van der Waals surface area contributed by atoms with Gasteiger partial charge in [0.05, 0.1) is 9.82 Å². The molecule has 0 bridgehead atoms. The van der Waals surface area contributed by atoms with Gasteiger partial charge in [-0.1, -0.05) is 12.1 Å².